The number of halogens is 2. The van der Waals surface area contributed by atoms with Crippen LogP contribution in [0.25, 0.3) is 0 Å². The minimum Gasteiger partial charge on any atom is -0.393 e. The third-order valence-corrected chi connectivity index (χ3v) is 9.20. The zero-order valence-electron chi connectivity index (χ0n) is 19.8. The van der Waals surface area contributed by atoms with Crippen molar-refractivity contribution in [3.05, 3.63) is 35.5 Å². The van der Waals surface area contributed by atoms with Gasteiger partial charge >= 0.3 is 0 Å². The van der Waals surface area contributed by atoms with Gasteiger partial charge in [0.25, 0.3) is 0 Å². The van der Waals surface area contributed by atoms with E-state index in [-0.39, 0.29) is 5.41 Å². The van der Waals surface area contributed by atoms with Gasteiger partial charge in [-0.2, -0.15) is 0 Å². The monoisotopic (exact) mass is 449 g/mol. The van der Waals surface area contributed by atoms with Crippen molar-refractivity contribution in [2.24, 2.45) is 29.1 Å². The first kappa shape index (κ1) is 24.1. The first-order chi connectivity index (χ1) is 15.2. The Labute approximate surface area is 192 Å². The van der Waals surface area contributed by atoms with E-state index in [0.29, 0.717) is 43.6 Å². The molecule has 1 aliphatic heterocycles. The molecule has 0 aromatic heterocycles. The summed E-state index contributed by atoms with van der Waals surface area (Å²) in [6.45, 7) is 11.1. The Balaban J connectivity index is 1.44. The molecular formula is C27H41F2NO2. The molecule has 0 bridgehead atoms. The topological polar surface area (TPSA) is 43.7 Å². The Kier molecular flexibility index (Phi) is 7.29. The van der Waals surface area contributed by atoms with Crippen molar-refractivity contribution < 1.29 is 19.0 Å². The number of aliphatic hydroxyl groups excluding tert-OH is 2. The summed E-state index contributed by atoms with van der Waals surface area (Å²) in [6.07, 6.45) is 8.56. The van der Waals surface area contributed by atoms with Crippen molar-refractivity contribution in [3.8, 4) is 0 Å². The van der Waals surface area contributed by atoms with Crippen LogP contribution in [0, 0.1) is 29.1 Å². The summed E-state index contributed by atoms with van der Waals surface area (Å²) in [4.78, 5) is 2.27. The van der Waals surface area contributed by atoms with E-state index in [4.69, 9.17) is 0 Å². The number of likely N-dealkylation sites (tertiary alicyclic amines) is 1. The highest BCUT2D eigenvalue weighted by atomic mass is 19.3. The number of hydrogen-bond acceptors (Lipinski definition) is 3. The molecule has 3 nitrogen and oxygen atoms in total. The maximum atomic E-state index is 13.1. The van der Waals surface area contributed by atoms with E-state index >= 15 is 0 Å². The summed E-state index contributed by atoms with van der Waals surface area (Å²) in [5.41, 5.74) is 3.49. The second-order valence-corrected chi connectivity index (χ2v) is 11.3. The van der Waals surface area contributed by atoms with Gasteiger partial charge in [-0.25, -0.2) is 8.78 Å². The first-order valence-electron chi connectivity index (χ1n) is 12.6. The van der Waals surface area contributed by atoms with Crippen molar-refractivity contribution in [3.63, 3.8) is 0 Å². The van der Waals surface area contributed by atoms with Gasteiger partial charge < -0.3 is 15.1 Å². The molecule has 0 aromatic rings. The van der Waals surface area contributed by atoms with Gasteiger partial charge in [-0.3, -0.25) is 0 Å². The van der Waals surface area contributed by atoms with Crippen LogP contribution in [0.2, 0.25) is 0 Å². The summed E-state index contributed by atoms with van der Waals surface area (Å²) >= 11 is 0. The summed E-state index contributed by atoms with van der Waals surface area (Å²) in [7, 11) is 0. The minimum atomic E-state index is -2.19. The van der Waals surface area contributed by atoms with Gasteiger partial charge in [0.15, 0.2) is 0 Å². The number of aliphatic hydroxyl groups is 2. The lowest BCUT2D eigenvalue weighted by Gasteiger charge is -2.45. The van der Waals surface area contributed by atoms with Crippen LogP contribution in [0.15, 0.2) is 35.5 Å². The molecule has 1 saturated heterocycles. The fourth-order valence-electron chi connectivity index (χ4n) is 7.45. The van der Waals surface area contributed by atoms with E-state index in [0.717, 1.165) is 30.7 Å². The molecule has 3 aliphatic carbocycles. The normalized spacial score (nSPS) is 42.2. The highest BCUT2D eigenvalue weighted by molar-refractivity contribution is 5.38. The molecule has 4 rings (SSSR count). The molecular weight excluding hydrogens is 408 g/mol. The fraction of sp³-hybridized carbons (Fsp3) is 0.778. The number of rotatable bonds is 5. The van der Waals surface area contributed by atoms with Crippen molar-refractivity contribution in [1.29, 1.82) is 0 Å². The highest BCUT2D eigenvalue weighted by Gasteiger charge is 2.51. The number of alkyl halides is 2. The van der Waals surface area contributed by atoms with Crippen molar-refractivity contribution >= 4 is 0 Å². The average Bonchev–Trinajstić information content (AvgIpc) is 3.33. The third kappa shape index (κ3) is 4.76. The van der Waals surface area contributed by atoms with Gasteiger partial charge in [0.1, 0.15) is 0 Å². The van der Waals surface area contributed by atoms with Crippen molar-refractivity contribution in [2.45, 2.75) is 83.8 Å². The van der Waals surface area contributed by atoms with Crippen LogP contribution in [0.1, 0.15) is 65.2 Å². The Bertz CT molecular complexity index is 763. The molecule has 1 unspecified atom stereocenters. The van der Waals surface area contributed by atoms with E-state index in [1.165, 1.54) is 31.3 Å². The van der Waals surface area contributed by atoms with Crippen molar-refractivity contribution in [1.82, 2.24) is 4.90 Å². The van der Waals surface area contributed by atoms with Crippen molar-refractivity contribution in [2.75, 3.05) is 19.6 Å². The fourth-order valence-corrected chi connectivity index (χ4v) is 7.45. The summed E-state index contributed by atoms with van der Waals surface area (Å²) in [5.74, 6) is 1.27. The third-order valence-electron chi connectivity index (χ3n) is 9.20. The maximum absolute atomic E-state index is 13.1. The first-order valence-corrected chi connectivity index (χ1v) is 12.6. The van der Waals surface area contributed by atoms with Crippen LogP contribution in [0.4, 0.5) is 8.78 Å². The van der Waals surface area contributed by atoms with Gasteiger partial charge in [0, 0.05) is 25.4 Å². The van der Waals surface area contributed by atoms with E-state index in [1.54, 1.807) is 0 Å². The Morgan fingerprint density at radius 3 is 2.72 bits per heavy atom. The molecule has 0 spiro atoms. The average molecular weight is 450 g/mol. The Morgan fingerprint density at radius 2 is 2.00 bits per heavy atom. The molecule has 0 amide bonds. The van der Waals surface area contributed by atoms with Gasteiger partial charge in [-0.05, 0) is 85.8 Å². The van der Waals surface area contributed by atoms with E-state index in [2.05, 4.69) is 37.5 Å². The molecule has 4 fully saturated rings. The molecule has 180 valence electrons. The SMILES string of the molecule is C=C1/C(=C\C=C2/CCC[C@]3(C)[C@@H](C(C)CN4CC[C@@H](C(F)F)C4)CC[C@@H]23)C[C@@H](O)C[C@@H]1O. The quantitative estimate of drug-likeness (QED) is 0.595. The van der Waals surface area contributed by atoms with E-state index in [1.807, 2.05) is 0 Å². The lowest BCUT2D eigenvalue weighted by molar-refractivity contribution is 0.0672. The molecule has 3 saturated carbocycles. The van der Waals surface area contributed by atoms with Crippen LogP contribution in [0.5, 0.6) is 0 Å². The number of nitrogens with zero attached hydrogens (tertiary/aromatic N) is 1. The summed E-state index contributed by atoms with van der Waals surface area (Å²) < 4.78 is 26.2. The molecule has 5 heteroatoms. The Hall–Kier alpha value is -1.04. The zero-order valence-corrected chi connectivity index (χ0v) is 19.8. The smallest absolute Gasteiger partial charge is 0.242 e. The van der Waals surface area contributed by atoms with E-state index in [9.17, 15) is 19.0 Å². The standard InChI is InChI=1S/C27H41F2NO2/c1-17(15-30-12-10-21(16-30)26(28)29)23-8-9-24-19(5-4-11-27(23,24)3)6-7-20-13-22(31)14-25(32)18(20)2/h6-7,17,21-26,31-32H,2,4-5,8-16H2,1,3H3/b19-6+,20-7-/t17?,21-,22-,23-,24+,25+,27-/m1/s1. The van der Waals surface area contributed by atoms with Gasteiger partial charge in [-0.1, -0.05) is 38.2 Å². The zero-order chi connectivity index (χ0) is 23.0. The Morgan fingerprint density at radius 1 is 1.22 bits per heavy atom. The second kappa shape index (κ2) is 9.68. The minimum absolute atomic E-state index is 0.270. The summed E-state index contributed by atoms with van der Waals surface area (Å²) in [6, 6.07) is 0. The largest absolute Gasteiger partial charge is 0.393 e. The molecule has 7 atom stereocenters. The number of allylic oxidation sites excluding steroid dienone is 3. The van der Waals surface area contributed by atoms with Crippen LogP contribution in [-0.2, 0) is 0 Å². The van der Waals surface area contributed by atoms with Crippen LogP contribution in [-0.4, -0.2) is 53.4 Å². The predicted molar refractivity (Wildman–Crippen MR) is 124 cm³/mol. The molecule has 0 radical (unpaired) electrons. The molecule has 2 N–H and O–H groups in total. The lowest BCUT2D eigenvalue weighted by atomic mass is 9.61. The van der Waals surface area contributed by atoms with Gasteiger partial charge in [-0.15, -0.1) is 0 Å². The maximum Gasteiger partial charge on any atom is 0.242 e. The molecule has 0 aromatic carbocycles. The van der Waals surface area contributed by atoms with E-state index < -0.39 is 24.6 Å². The molecule has 32 heavy (non-hydrogen) atoms. The number of fused-ring (bicyclic) bond motifs is 1. The second-order valence-electron chi connectivity index (χ2n) is 11.3. The molecule has 1 heterocycles. The predicted octanol–water partition coefficient (Wildman–Crippen LogP) is 5.35. The lowest BCUT2D eigenvalue weighted by Crippen LogP contribution is -2.39. The van der Waals surface area contributed by atoms with Crippen LogP contribution >= 0.6 is 0 Å². The van der Waals surface area contributed by atoms with Gasteiger partial charge in [0.05, 0.1) is 12.2 Å². The highest BCUT2D eigenvalue weighted by Crippen LogP contribution is 2.59. The number of hydrogen-bond donors (Lipinski definition) is 2. The van der Waals surface area contributed by atoms with Crippen LogP contribution < -0.4 is 0 Å². The summed E-state index contributed by atoms with van der Waals surface area (Å²) in [5, 5.41) is 20.2. The van der Waals surface area contributed by atoms with Gasteiger partial charge in [0.2, 0.25) is 6.43 Å². The molecule has 4 aliphatic rings. The van der Waals surface area contributed by atoms with Crippen LogP contribution in [0.3, 0.4) is 0 Å².